The molecule has 2 heterocycles. The minimum atomic E-state index is -0.482. The zero-order valence-electron chi connectivity index (χ0n) is 11.4. The van der Waals surface area contributed by atoms with E-state index in [1.807, 2.05) is 20.8 Å². The van der Waals surface area contributed by atoms with Crippen molar-refractivity contribution in [2.45, 2.75) is 39.2 Å². The van der Waals surface area contributed by atoms with Crippen molar-refractivity contribution in [3.8, 4) is 0 Å². The lowest BCUT2D eigenvalue weighted by Gasteiger charge is -2.24. The van der Waals surface area contributed by atoms with Gasteiger partial charge in [0, 0.05) is 19.6 Å². The van der Waals surface area contributed by atoms with E-state index in [1.165, 1.54) is 0 Å². The maximum Gasteiger partial charge on any atom is 0.410 e. The molecule has 2 saturated heterocycles. The zero-order chi connectivity index (χ0) is 13.3. The van der Waals surface area contributed by atoms with Crippen LogP contribution in [-0.4, -0.2) is 42.1 Å². The molecule has 0 unspecified atom stereocenters. The zero-order valence-corrected chi connectivity index (χ0v) is 11.4. The van der Waals surface area contributed by atoms with E-state index in [4.69, 9.17) is 4.74 Å². The Kier molecular flexibility index (Phi) is 3.50. The standard InChI is InChI=1S/C13H22N2O3/c1-13(2,3)18-12(17)15-7-9-5-4-6-14-11(16)10(9)8-15/h9-10H,4-8H2,1-3H3,(H,14,16)/t9-,10+/m1/s1. The molecule has 102 valence electrons. The van der Waals surface area contributed by atoms with Crippen molar-refractivity contribution >= 4 is 12.0 Å². The average molecular weight is 254 g/mol. The average Bonchev–Trinajstić information content (AvgIpc) is 2.59. The maximum absolute atomic E-state index is 12.0. The molecular formula is C13H22N2O3. The summed E-state index contributed by atoms with van der Waals surface area (Å²) < 4.78 is 5.35. The summed E-state index contributed by atoms with van der Waals surface area (Å²) in [6.45, 7) is 7.46. The van der Waals surface area contributed by atoms with E-state index < -0.39 is 5.60 Å². The Hall–Kier alpha value is -1.26. The number of nitrogens with one attached hydrogen (secondary N) is 1. The van der Waals surface area contributed by atoms with E-state index in [2.05, 4.69) is 5.32 Å². The molecule has 2 atom stereocenters. The molecule has 2 amide bonds. The fourth-order valence-electron chi connectivity index (χ4n) is 2.64. The van der Waals surface area contributed by atoms with Gasteiger partial charge in [-0.25, -0.2) is 4.79 Å². The molecule has 0 aromatic rings. The molecule has 2 aliphatic heterocycles. The number of hydrogen-bond donors (Lipinski definition) is 1. The van der Waals surface area contributed by atoms with Gasteiger partial charge in [0.05, 0.1) is 5.92 Å². The third-order valence-electron chi connectivity index (χ3n) is 3.48. The third kappa shape index (κ3) is 2.94. The molecule has 0 bridgehead atoms. The molecule has 5 nitrogen and oxygen atoms in total. The Morgan fingerprint density at radius 3 is 2.78 bits per heavy atom. The Labute approximate surface area is 108 Å². The van der Waals surface area contributed by atoms with Gasteiger partial charge in [0.25, 0.3) is 0 Å². The number of rotatable bonds is 0. The van der Waals surface area contributed by atoms with E-state index in [1.54, 1.807) is 4.90 Å². The summed E-state index contributed by atoms with van der Waals surface area (Å²) in [4.78, 5) is 25.5. The lowest BCUT2D eigenvalue weighted by Crippen LogP contribution is -2.37. The summed E-state index contributed by atoms with van der Waals surface area (Å²) in [5, 5.41) is 2.91. The quantitative estimate of drug-likeness (QED) is 0.710. The number of hydrogen-bond acceptors (Lipinski definition) is 3. The molecule has 0 saturated carbocycles. The van der Waals surface area contributed by atoms with E-state index in [9.17, 15) is 9.59 Å². The Morgan fingerprint density at radius 2 is 2.11 bits per heavy atom. The van der Waals surface area contributed by atoms with E-state index in [-0.39, 0.29) is 17.9 Å². The van der Waals surface area contributed by atoms with Crippen LogP contribution >= 0.6 is 0 Å². The highest BCUT2D eigenvalue weighted by Crippen LogP contribution is 2.30. The highest BCUT2D eigenvalue weighted by Gasteiger charge is 2.41. The SMILES string of the molecule is CC(C)(C)OC(=O)N1C[C@H]2CCCNC(=O)[C@H]2C1. The summed E-state index contributed by atoms with van der Waals surface area (Å²) >= 11 is 0. The van der Waals surface area contributed by atoms with Crippen LogP contribution < -0.4 is 5.32 Å². The molecule has 2 aliphatic rings. The first-order valence-corrected chi connectivity index (χ1v) is 6.62. The van der Waals surface area contributed by atoms with Gasteiger partial charge in [-0.05, 0) is 39.5 Å². The Balaban J connectivity index is 1.99. The summed E-state index contributed by atoms with van der Waals surface area (Å²) in [5.74, 6) is 0.323. The molecule has 5 heteroatoms. The van der Waals surface area contributed by atoms with Gasteiger partial charge >= 0.3 is 6.09 Å². The molecule has 18 heavy (non-hydrogen) atoms. The summed E-state index contributed by atoms with van der Waals surface area (Å²) in [5.41, 5.74) is -0.482. The van der Waals surface area contributed by atoms with Crippen LogP contribution in [0.15, 0.2) is 0 Å². The van der Waals surface area contributed by atoms with Crippen LogP contribution in [0.5, 0.6) is 0 Å². The molecule has 1 N–H and O–H groups in total. The van der Waals surface area contributed by atoms with Crippen LogP contribution in [0.4, 0.5) is 4.79 Å². The molecule has 0 radical (unpaired) electrons. The fourth-order valence-corrected chi connectivity index (χ4v) is 2.64. The smallest absolute Gasteiger partial charge is 0.410 e. The number of ether oxygens (including phenoxy) is 1. The van der Waals surface area contributed by atoms with Crippen molar-refractivity contribution in [3.63, 3.8) is 0 Å². The first kappa shape index (κ1) is 13.2. The first-order valence-electron chi connectivity index (χ1n) is 6.62. The van der Waals surface area contributed by atoms with Crippen LogP contribution in [0.2, 0.25) is 0 Å². The number of likely N-dealkylation sites (tertiary alicyclic amines) is 1. The fraction of sp³-hybridized carbons (Fsp3) is 0.846. The van der Waals surface area contributed by atoms with Crippen LogP contribution in [-0.2, 0) is 9.53 Å². The molecule has 0 aromatic heterocycles. The molecule has 2 rings (SSSR count). The number of amides is 2. The second-order valence-corrected chi connectivity index (χ2v) is 6.19. The predicted octanol–water partition coefficient (Wildman–Crippen LogP) is 1.38. The third-order valence-corrected chi connectivity index (χ3v) is 3.48. The lowest BCUT2D eigenvalue weighted by atomic mass is 9.93. The minimum Gasteiger partial charge on any atom is -0.444 e. The number of carbonyl (C=O) groups excluding carboxylic acids is 2. The lowest BCUT2D eigenvalue weighted by molar-refractivity contribution is -0.125. The van der Waals surface area contributed by atoms with Crippen LogP contribution in [0.1, 0.15) is 33.6 Å². The van der Waals surface area contributed by atoms with Crippen molar-refractivity contribution in [1.29, 1.82) is 0 Å². The topological polar surface area (TPSA) is 58.6 Å². The maximum atomic E-state index is 12.0. The van der Waals surface area contributed by atoms with Crippen LogP contribution in [0.25, 0.3) is 0 Å². The van der Waals surface area contributed by atoms with Gasteiger partial charge in [-0.15, -0.1) is 0 Å². The Bertz CT molecular complexity index is 349. The van der Waals surface area contributed by atoms with Gasteiger partial charge in [0.15, 0.2) is 0 Å². The number of fused-ring (bicyclic) bond motifs is 1. The van der Waals surface area contributed by atoms with Gasteiger partial charge < -0.3 is 15.0 Å². The van der Waals surface area contributed by atoms with E-state index in [0.717, 1.165) is 19.4 Å². The van der Waals surface area contributed by atoms with Crippen molar-refractivity contribution < 1.29 is 14.3 Å². The second-order valence-electron chi connectivity index (χ2n) is 6.19. The minimum absolute atomic E-state index is 0.0555. The molecule has 0 spiro atoms. The van der Waals surface area contributed by atoms with Crippen molar-refractivity contribution in [2.24, 2.45) is 11.8 Å². The van der Waals surface area contributed by atoms with Crippen molar-refractivity contribution in [3.05, 3.63) is 0 Å². The summed E-state index contributed by atoms with van der Waals surface area (Å²) in [6.07, 6.45) is 1.70. The normalized spacial score (nSPS) is 28.4. The predicted molar refractivity (Wildman–Crippen MR) is 67.0 cm³/mol. The second kappa shape index (κ2) is 4.78. The van der Waals surface area contributed by atoms with E-state index in [0.29, 0.717) is 19.0 Å². The van der Waals surface area contributed by atoms with Gasteiger partial charge in [0.2, 0.25) is 5.91 Å². The molecule has 0 aromatic carbocycles. The van der Waals surface area contributed by atoms with Gasteiger partial charge in [0.1, 0.15) is 5.60 Å². The van der Waals surface area contributed by atoms with Gasteiger partial charge in [-0.2, -0.15) is 0 Å². The monoisotopic (exact) mass is 254 g/mol. The van der Waals surface area contributed by atoms with E-state index >= 15 is 0 Å². The number of carbonyl (C=O) groups is 2. The number of nitrogens with zero attached hydrogens (tertiary/aromatic N) is 1. The highest BCUT2D eigenvalue weighted by atomic mass is 16.6. The highest BCUT2D eigenvalue weighted by molar-refractivity contribution is 5.81. The Morgan fingerprint density at radius 1 is 1.39 bits per heavy atom. The largest absolute Gasteiger partial charge is 0.444 e. The summed E-state index contributed by atoms with van der Waals surface area (Å²) in [7, 11) is 0. The van der Waals surface area contributed by atoms with Crippen LogP contribution in [0.3, 0.4) is 0 Å². The molecule has 2 fully saturated rings. The van der Waals surface area contributed by atoms with Gasteiger partial charge in [-0.1, -0.05) is 0 Å². The molecular weight excluding hydrogens is 232 g/mol. The van der Waals surface area contributed by atoms with Gasteiger partial charge in [-0.3, -0.25) is 4.79 Å². The molecule has 0 aliphatic carbocycles. The first-order chi connectivity index (χ1) is 8.37. The van der Waals surface area contributed by atoms with Crippen LogP contribution in [0, 0.1) is 11.8 Å². The van der Waals surface area contributed by atoms with Crippen molar-refractivity contribution in [1.82, 2.24) is 10.2 Å². The van der Waals surface area contributed by atoms with Crippen molar-refractivity contribution in [2.75, 3.05) is 19.6 Å². The summed E-state index contributed by atoms with van der Waals surface area (Å²) in [6, 6.07) is 0.